The largest absolute Gasteiger partial charge is 0.463 e. The molecule has 3 heteroatoms. The number of alkyl halides is 1. The van der Waals surface area contributed by atoms with Gasteiger partial charge in [-0.25, -0.2) is 4.79 Å². The number of rotatable bonds is 6. The van der Waals surface area contributed by atoms with Crippen molar-refractivity contribution in [3.63, 3.8) is 0 Å². The third kappa shape index (κ3) is 5.78. The lowest BCUT2D eigenvalue weighted by molar-refractivity contribution is -0.138. The fourth-order valence-corrected chi connectivity index (χ4v) is 1.52. The Labute approximate surface area is 101 Å². The highest BCUT2D eigenvalue weighted by Gasteiger charge is 2.12. The molecule has 0 radical (unpaired) electrons. The van der Waals surface area contributed by atoms with Gasteiger partial charge in [0.1, 0.15) is 0 Å². The minimum absolute atomic E-state index is 0.182. The molecule has 0 amide bonds. The lowest BCUT2D eigenvalue weighted by atomic mass is 10.1. The van der Waals surface area contributed by atoms with Gasteiger partial charge in [-0.3, -0.25) is 0 Å². The summed E-state index contributed by atoms with van der Waals surface area (Å²) in [6, 6.07) is 0. The number of carbonyl (C=O) groups is 1. The number of esters is 1. The van der Waals surface area contributed by atoms with Crippen molar-refractivity contribution in [1.29, 1.82) is 0 Å². The smallest absolute Gasteiger partial charge is 0.333 e. The van der Waals surface area contributed by atoms with E-state index in [-0.39, 0.29) is 5.97 Å². The van der Waals surface area contributed by atoms with Gasteiger partial charge in [-0.15, -0.1) is 0 Å². The first-order valence-corrected chi connectivity index (χ1v) is 6.32. The highest BCUT2D eigenvalue weighted by atomic mass is 79.9. The summed E-state index contributed by atoms with van der Waals surface area (Å²) in [5.74, 6) is -0.182. The predicted molar refractivity (Wildman–Crippen MR) is 67.2 cm³/mol. The van der Waals surface area contributed by atoms with Gasteiger partial charge in [-0.1, -0.05) is 33.7 Å². The monoisotopic (exact) mass is 274 g/mol. The van der Waals surface area contributed by atoms with E-state index in [4.69, 9.17) is 4.74 Å². The third-order valence-electron chi connectivity index (χ3n) is 2.03. The molecule has 0 aliphatic heterocycles. The molecular weight excluding hydrogens is 256 g/mol. The summed E-state index contributed by atoms with van der Waals surface area (Å²) < 4.78 is 5.02. The average Bonchev–Trinajstić information content (AvgIpc) is 2.23. The van der Waals surface area contributed by atoms with Crippen molar-refractivity contribution >= 4 is 21.9 Å². The molecule has 0 N–H and O–H groups in total. The molecule has 0 spiro atoms. The number of allylic oxidation sites excluding steroid dienone is 3. The van der Waals surface area contributed by atoms with E-state index in [1.807, 2.05) is 26.8 Å². The zero-order valence-electron chi connectivity index (χ0n) is 9.68. The summed E-state index contributed by atoms with van der Waals surface area (Å²) >= 11 is 3.36. The lowest BCUT2D eigenvalue weighted by Gasteiger charge is -2.08. The molecule has 0 aromatic rings. The highest BCUT2D eigenvalue weighted by molar-refractivity contribution is 9.09. The van der Waals surface area contributed by atoms with Gasteiger partial charge in [0.2, 0.25) is 0 Å². The van der Waals surface area contributed by atoms with Crippen LogP contribution in [0.25, 0.3) is 0 Å². The molecule has 0 unspecified atom stereocenters. The Morgan fingerprint density at radius 1 is 1.47 bits per heavy atom. The number of hydrogen-bond donors (Lipinski definition) is 0. The van der Waals surface area contributed by atoms with Crippen LogP contribution in [0, 0.1) is 0 Å². The van der Waals surface area contributed by atoms with Gasteiger partial charge in [0.25, 0.3) is 0 Å². The van der Waals surface area contributed by atoms with E-state index in [1.54, 1.807) is 0 Å². The minimum atomic E-state index is -0.182. The van der Waals surface area contributed by atoms with Gasteiger partial charge in [-0.05, 0) is 33.6 Å². The Kier molecular flexibility index (Phi) is 8.38. The quantitative estimate of drug-likeness (QED) is 0.320. The topological polar surface area (TPSA) is 26.3 Å². The Morgan fingerprint density at radius 3 is 2.60 bits per heavy atom. The van der Waals surface area contributed by atoms with Crippen LogP contribution in [-0.2, 0) is 9.53 Å². The maximum absolute atomic E-state index is 11.6. The Balaban J connectivity index is 4.52. The lowest BCUT2D eigenvalue weighted by Crippen LogP contribution is -2.10. The van der Waals surface area contributed by atoms with Gasteiger partial charge in [0.15, 0.2) is 0 Å². The van der Waals surface area contributed by atoms with Crippen LogP contribution in [0.1, 0.15) is 33.6 Å². The zero-order valence-corrected chi connectivity index (χ0v) is 11.3. The normalized spacial score (nSPS) is 12.8. The van der Waals surface area contributed by atoms with E-state index in [1.165, 1.54) is 0 Å². The molecule has 0 aromatic heterocycles. The highest BCUT2D eigenvalue weighted by Crippen LogP contribution is 2.15. The second-order valence-electron chi connectivity index (χ2n) is 3.22. The van der Waals surface area contributed by atoms with Gasteiger partial charge in [0, 0.05) is 10.9 Å². The predicted octanol–water partition coefficient (Wildman–Crippen LogP) is 3.62. The van der Waals surface area contributed by atoms with Gasteiger partial charge in [-0.2, -0.15) is 0 Å². The molecule has 0 aromatic carbocycles. The summed E-state index contributed by atoms with van der Waals surface area (Å²) in [7, 11) is 0. The van der Waals surface area contributed by atoms with Crippen LogP contribution in [0.5, 0.6) is 0 Å². The number of ether oxygens (including phenoxy) is 1. The first-order valence-electron chi connectivity index (χ1n) is 5.20. The standard InChI is InChI=1S/C12H19BrO2/c1-4-6-7-8-11(10(3)9-13)12(14)15-5-2/h4,6H,5,7-9H2,1-3H3. The van der Waals surface area contributed by atoms with Crippen LogP contribution in [-0.4, -0.2) is 17.9 Å². The van der Waals surface area contributed by atoms with Crippen LogP contribution in [0.3, 0.4) is 0 Å². The molecular formula is C12H19BrO2. The summed E-state index contributed by atoms with van der Waals surface area (Å²) in [5.41, 5.74) is 1.85. The fourth-order valence-electron chi connectivity index (χ4n) is 1.18. The average molecular weight is 275 g/mol. The van der Waals surface area contributed by atoms with Crippen LogP contribution in [0.15, 0.2) is 23.3 Å². The number of halogens is 1. The second kappa shape index (κ2) is 8.72. The summed E-state index contributed by atoms with van der Waals surface area (Å²) in [6.45, 7) is 6.19. The molecule has 0 atom stereocenters. The van der Waals surface area contributed by atoms with E-state index in [2.05, 4.69) is 22.0 Å². The molecule has 0 saturated heterocycles. The van der Waals surface area contributed by atoms with Crippen molar-refractivity contribution in [2.45, 2.75) is 33.6 Å². The third-order valence-corrected chi connectivity index (χ3v) is 2.88. The minimum Gasteiger partial charge on any atom is -0.463 e. The Morgan fingerprint density at radius 2 is 2.13 bits per heavy atom. The van der Waals surface area contributed by atoms with Gasteiger partial charge in [0.05, 0.1) is 6.61 Å². The number of carbonyl (C=O) groups excluding carboxylic acids is 1. The van der Waals surface area contributed by atoms with Crippen molar-refractivity contribution in [2.75, 3.05) is 11.9 Å². The molecule has 0 heterocycles. The summed E-state index contributed by atoms with van der Waals surface area (Å²) in [4.78, 5) is 11.6. The van der Waals surface area contributed by atoms with Crippen LogP contribution in [0.2, 0.25) is 0 Å². The Bertz CT molecular complexity index is 254. The van der Waals surface area contributed by atoms with E-state index < -0.39 is 0 Å². The zero-order chi connectivity index (χ0) is 11.7. The van der Waals surface area contributed by atoms with Crippen molar-refractivity contribution in [3.05, 3.63) is 23.3 Å². The van der Waals surface area contributed by atoms with Crippen molar-refractivity contribution in [3.8, 4) is 0 Å². The molecule has 0 bridgehead atoms. The maximum Gasteiger partial charge on any atom is 0.333 e. The second-order valence-corrected chi connectivity index (χ2v) is 3.78. The fraction of sp³-hybridized carbons (Fsp3) is 0.583. The van der Waals surface area contributed by atoms with E-state index in [9.17, 15) is 4.79 Å². The van der Waals surface area contributed by atoms with Gasteiger partial charge >= 0.3 is 5.97 Å². The van der Waals surface area contributed by atoms with E-state index in [0.717, 1.165) is 29.3 Å². The van der Waals surface area contributed by atoms with Crippen molar-refractivity contribution in [2.24, 2.45) is 0 Å². The molecule has 0 aliphatic rings. The molecule has 0 fully saturated rings. The maximum atomic E-state index is 11.6. The van der Waals surface area contributed by atoms with E-state index in [0.29, 0.717) is 6.61 Å². The first-order chi connectivity index (χ1) is 7.17. The first kappa shape index (κ1) is 14.4. The number of hydrogen-bond acceptors (Lipinski definition) is 2. The van der Waals surface area contributed by atoms with Crippen LogP contribution < -0.4 is 0 Å². The van der Waals surface area contributed by atoms with Crippen LogP contribution in [0.4, 0.5) is 0 Å². The summed E-state index contributed by atoms with van der Waals surface area (Å²) in [5, 5.41) is 0.719. The Hall–Kier alpha value is -0.570. The molecule has 86 valence electrons. The van der Waals surface area contributed by atoms with Crippen molar-refractivity contribution < 1.29 is 9.53 Å². The molecule has 2 nitrogen and oxygen atoms in total. The SMILES string of the molecule is CC=CCCC(C(=O)OCC)=C(C)CBr. The molecule has 0 saturated carbocycles. The van der Waals surface area contributed by atoms with E-state index >= 15 is 0 Å². The molecule has 0 rings (SSSR count). The van der Waals surface area contributed by atoms with Crippen molar-refractivity contribution in [1.82, 2.24) is 0 Å². The molecule has 0 aliphatic carbocycles. The molecule has 15 heavy (non-hydrogen) atoms. The van der Waals surface area contributed by atoms with Gasteiger partial charge < -0.3 is 4.74 Å². The summed E-state index contributed by atoms with van der Waals surface area (Å²) in [6.07, 6.45) is 5.68. The van der Waals surface area contributed by atoms with Crippen LogP contribution >= 0.6 is 15.9 Å².